The third-order valence-corrected chi connectivity index (χ3v) is 5.54. The first kappa shape index (κ1) is 17.2. The van der Waals surface area contributed by atoms with Crippen LogP contribution in [0.3, 0.4) is 0 Å². The van der Waals surface area contributed by atoms with Gasteiger partial charge in [-0.1, -0.05) is 18.2 Å². The normalized spacial score (nSPS) is 11.6. The van der Waals surface area contributed by atoms with E-state index in [1.54, 1.807) is 12.1 Å². The Morgan fingerprint density at radius 1 is 1.08 bits per heavy atom. The molecule has 3 rings (SSSR count). The number of benzene rings is 2. The van der Waals surface area contributed by atoms with E-state index in [2.05, 4.69) is 4.98 Å². The number of sulfonamides is 1. The highest BCUT2D eigenvalue weighted by atomic mass is 32.2. The van der Waals surface area contributed by atoms with E-state index in [4.69, 9.17) is 9.15 Å². The van der Waals surface area contributed by atoms with Crippen LogP contribution in [0.25, 0.3) is 11.5 Å². The predicted octanol–water partition coefficient (Wildman–Crippen LogP) is 3.17. The van der Waals surface area contributed by atoms with Crippen molar-refractivity contribution in [2.45, 2.75) is 11.4 Å². The summed E-state index contributed by atoms with van der Waals surface area (Å²) in [5, 5.41) is 0. The minimum absolute atomic E-state index is 0.116. The molecule has 0 amide bonds. The van der Waals surface area contributed by atoms with Crippen molar-refractivity contribution in [1.82, 2.24) is 9.29 Å². The van der Waals surface area contributed by atoms with E-state index < -0.39 is 10.0 Å². The highest BCUT2D eigenvalue weighted by molar-refractivity contribution is 7.89. The number of aromatic nitrogens is 1. The number of oxazole rings is 1. The molecular weight excluding hydrogens is 340 g/mol. The molecular formula is C18H18N2O4S. The maximum atomic E-state index is 12.6. The van der Waals surface area contributed by atoms with E-state index in [-0.39, 0.29) is 11.4 Å². The molecule has 3 aromatic rings. The number of ether oxygens (including phenoxy) is 1. The van der Waals surface area contributed by atoms with E-state index in [0.29, 0.717) is 17.3 Å². The average molecular weight is 358 g/mol. The first-order valence-electron chi connectivity index (χ1n) is 7.61. The molecule has 7 heteroatoms. The second-order valence-electron chi connectivity index (χ2n) is 5.45. The van der Waals surface area contributed by atoms with Crippen LogP contribution in [0.2, 0.25) is 0 Å². The molecule has 0 fully saturated rings. The Bertz CT molecular complexity index is 935. The molecule has 1 aromatic heterocycles. The molecule has 0 saturated heterocycles. The summed E-state index contributed by atoms with van der Waals surface area (Å²) in [7, 11) is -0.579. The van der Waals surface area contributed by atoms with Crippen molar-refractivity contribution in [2.24, 2.45) is 0 Å². The fraction of sp³-hybridized carbons (Fsp3) is 0.167. The number of nitrogens with zero attached hydrogens (tertiary/aromatic N) is 2. The highest BCUT2D eigenvalue weighted by Gasteiger charge is 2.22. The third-order valence-electron chi connectivity index (χ3n) is 3.72. The fourth-order valence-corrected chi connectivity index (χ4v) is 3.48. The van der Waals surface area contributed by atoms with E-state index in [1.807, 2.05) is 30.3 Å². The van der Waals surface area contributed by atoms with Gasteiger partial charge in [-0.05, 0) is 36.4 Å². The van der Waals surface area contributed by atoms with Crippen LogP contribution >= 0.6 is 0 Å². The van der Waals surface area contributed by atoms with Crippen molar-refractivity contribution in [3.63, 3.8) is 0 Å². The first-order chi connectivity index (χ1) is 12.0. The highest BCUT2D eigenvalue weighted by Crippen LogP contribution is 2.22. The quantitative estimate of drug-likeness (QED) is 0.677. The lowest BCUT2D eigenvalue weighted by atomic mass is 10.2. The van der Waals surface area contributed by atoms with Gasteiger partial charge in [-0.2, -0.15) is 4.31 Å². The molecule has 130 valence electrons. The van der Waals surface area contributed by atoms with E-state index in [9.17, 15) is 8.42 Å². The third kappa shape index (κ3) is 3.72. The Kier molecular flexibility index (Phi) is 4.87. The van der Waals surface area contributed by atoms with Crippen LogP contribution in [0.4, 0.5) is 0 Å². The van der Waals surface area contributed by atoms with Crippen molar-refractivity contribution in [3.8, 4) is 17.2 Å². The summed E-state index contributed by atoms with van der Waals surface area (Å²) in [5.74, 6) is 1.07. The SMILES string of the molecule is COc1ccc(S(=O)(=O)N(C)Cc2coc(-c3ccccc3)n2)cc1. The predicted molar refractivity (Wildman–Crippen MR) is 93.6 cm³/mol. The summed E-state index contributed by atoms with van der Waals surface area (Å²) in [4.78, 5) is 4.56. The zero-order valence-electron chi connectivity index (χ0n) is 13.9. The van der Waals surface area contributed by atoms with Crippen molar-refractivity contribution in [2.75, 3.05) is 14.2 Å². The molecule has 0 aliphatic heterocycles. The minimum atomic E-state index is -3.62. The fourth-order valence-electron chi connectivity index (χ4n) is 2.33. The van der Waals surface area contributed by atoms with Gasteiger partial charge >= 0.3 is 0 Å². The summed E-state index contributed by atoms with van der Waals surface area (Å²) in [5.41, 5.74) is 1.38. The Morgan fingerprint density at radius 3 is 2.40 bits per heavy atom. The number of methoxy groups -OCH3 is 1. The molecule has 6 nitrogen and oxygen atoms in total. The summed E-state index contributed by atoms with van der Waals surface area (Å²) in [6, 6.07) is 15.7. The standard InChI is InChI=1S/C18H18N2O4S/c1-20(25(21,22)17-10-8-16(23-2)9-11-17)12-15-13-24-18(19-15)14-6-4-3-5-7-14/h3-11,13H,12H2,1-2H3. The Labute approximate surface area is 146 Å². The van der Waals surface area contributed by atoms with Crippen molar-refractivity contribution < 1.29 is 17.6 Å². The Balaban J connectivity index is 1.77. The van der Waals surface area contributed by atoms with Crippen molar-refractivity contribution >= 4 is 10.0 Å². The van der Waals surface area contributed by atoms with Gasteiger partial charge in [0, 0.05) is 12.6 Å². The molecule has 0 saturated carbocycles. The van der Waals surface area contributed by atoms with E-state index >= 15 is 0 Å². The smallest absolute Gasteiger partial charge is 0.243 e. The molecule has 2 aromatic carbocycles. The monoisotopic (exact) mass is 358 g/mol. The Hall–Kier alpha value is -2.64. The number of hydrogen-bond donors (Lipinski definition) is 0. The molecule has 0 radical (unpaired) electrons. The molecule has 0 aliphatic rings. The van der Waals surface area contributed by atoms with Gasteiger partial charge in [-0.25, -0.2) is 13.4 Å². The number of hydrogen-bond acceptors (Lipinski definition) is 5. The second kappa shape index (κ2) is 7.08. The van der Waals surface area contributed by atoms with Crippen LogP contribution in [0.5, 0.6) is 5.75 Å². The van der Waals surface area contributed by atoms with Gasteiger partial charge in [0.15, 0.2) is 0 Å². The van der Waals surface area contributed by atoms with Crippen molar-refractivity contribution in [3.05, 3.63) is 66.6 Å². The van der Waals surface area contributed by atoms with Crippen LogP contribution in [0.1, 0.15) is 5.69 Å². The zero-order chi connectivity index (χ0) is 17.9. The summed E-state index contributed by atoms with van der Waals surface area (Å²) < 4.78 is 37.0. The van der Waals surface area contributed by atoms with Crippen molar-refractivity contribution in [1.29, 1.82) is 0 Å². The minimum Gasteiger partial charge on any atom is -0.497 e. The van der Waals surface area contributed by atoms with E-state index in [0.717, 1.165) is 5.56 Å². The lowest BCUT2D eigenvalue weighted by Crippen LogP contribution is -2.26. The van der Waals surface area contributed by atoms with Crippen LogP contribution in [-0.4, -0.2) is 31.9 Å². The van der Waals surface area contributed by atoms with Gasteiger partial charge in [0.05, 0.1) is 24.2 Å². The van der Waals surface area contributed by atoms with Gasteiger partial charge in [-0.15, -0.1) is 0 Å². The van der Waals surface area contributed by atoms with Gasteiger partial charge in [-0.3, -0.25) is 0 Å². The average Bonchev–Trinajstić information content (AvgIpc) is 3.11. The van der Waals surface area contributed by atoms with E-state index in [1.165, 1.54) is 36.9 Å². The molecule has 25 heavy (non-hydrogen) atoms. The van der Waals surface area contributed by atoms with Crippen LogP contribution < -0.4 is 4.74 Å². The summed E-state index contributed by atoms with van der Waals surface area (Å²) >= 11 is 0. The van der Waals surface area contributed by atoms with Crippen LogP contribution in [0, 0.1) is 0 Å². The molecule has 0 spiro atoms. The maximum Gasteiger partial charge on any atom is 0.243 e. The van der Waals surface area contributed by atoms with Gasteiger partial charge in [0.2, 0.25) is 15.9 Å². The summed E-state index contributed by atoms with van der Waals surface area (Å²) in [6.07, 6.45) is 1.47. The molecule has 0 bridgehead atoms. The topological polar surface area (TPSA) is 72.6 Å². The van der Waals surface area contributed by atoms with Gasteiger partial charge < -0.3 is 9.15 Å². The first-order valence-corrected chi connectivity index (χ1v) is 9.05. The molecule has 0 unspecified atom stereocenters. The molecule has 0 atom stereocenters. The van der Waals surface area contributed by atoms with Gasteiger partial charge in [0.25, 0.3) is 0 Å². The lowest BCUT2D eigenvalue weighted by molar-refractivity contribution is 0.414. The van der Waals surface area contributed by atoms with Crippen LogP contribution in [-0.2, 0) is 16.6 Å². The van der Waals surface area contributed by atoms with Crippen LogP contribution in [0.15, 0.2) is 70.2 Å². The summed E-state index contributed by atoms with van der Waals surface area (Å²) in [6.45, 7) is 0.116. The van der Waals surface area contributed by atoms with Gasteiger partial charge in [0.1, 0.15) is 12.0 Å². The largest absolute Gasteiger partial charge is 0.497 e. The molecule has 0 aliphatic carbocycles. The second-order valence-corrected chi connectivity index (χ2v) is 7.49. The Morgan fingerprint density at radius 2 is 1.76 bits per heavy atom. The lowest BCUT2D eigenvalue weighted by Gasteiger charge is -2.16. The zero-order valence-corrected chi connectivity index (χ0v) is 14.7. The maximum absolute atomic E-state index is 12.6. The molecule has 1 heterocycles. The number of rotatable bonds is 6. The molecule has 0 N–H and O–H groups in total.